The van der Waals surface area contributed by atoms with Crippen LogP contribution < -0.4 is 0 Å². The minimum absolute atomic E-state index is 0.0244. The molecule has 3 heteroatoms. The Labute approximate surface area is 92.3 Å². The molecule has 0 amide bonds. The van der Waals surface area contributed by atoms with E-state index in [2.05, 4.69) is 40.2 Å². The van der Waals surface area contributed by atoms with E-state index in [0.29, 0.717) is 5.92 Å². The zero-order chi connectivity index (χ0) is 9.97. The normalized spacial score (nSPS) is 26.7. The number of ether oxygens (including phenoxy) is 2. The summed E-state index contributed by atoms with van der Waals surface area (Å²) in [4.78, 5) is 0. The second kappa shape index (κ2) is 4.43. The van der Waals surface area contributed by atoms with Crippen molar-refractivity contribution in [3.8, 4) is 0 Å². The number of benzene rings is 1. The minimum Gasteiger partial charge on any atom is -0.356 e. The molecule has 1 aromatic rings. The van der Waals surface area contributed by atoms with E-state index in [9.17, 15) is 0 Å². The highest BCUT2D eigenvalue weighted by Crippen LogP contribution is 2.30. The van der Waals surface area contributed by atoms with E-state index in [-0.39, 0.29) is 6.29 Å². The molecule has 0 saturated carbocycles. The molecular weight excluding hydrogens is 244 g/mol. The van der Waals surface area contributed by atoms with Crippen LogP contribution in [0.2, 0.25) is 0 Å². The number of halogens is 1. The van der Waals surface area contributed by atoms with Crippen LogP contribution >= 0.6 is 15.9 Å². The molecule has 0 unspecified atom stereocenters. The minimum atomic E-state index is -0.0244. The number of hydrogen-bond donors (Lipinski definition) is 0. The maximum Gasteiger partial charge on any atom is 0.157 e. The molecule has 76 valence electrons. The molecular formula is C11H13BrO2. The second-order valence-electron chi connectivity index (χ2n) is 3.48. The topological polar surface area (TPSA) is 18.5 Å². The van der Waals surface area contributed by atoms with Crippen LogP contribution in [0.1, 0.15) is 17.9 Å². The molecule has 1 saturated heterocycles. The van der Waals surface area contributed by atoms with Crippen LogP contribution in [0.25, 0.3) is 0 Å². The van der Waals surface area contributed by atoms with Gasteiger partial charge >= 0.3 is 0 Å². The summed E-state index contributed by atoms with van der Waals surface area (Å²) in [6.07, 6.45) is 0.932. The van der Waals surface area contributed by atoms with Gasteiger partial charge in [0.05, 0.1) is 6.61 Å². The predicted molar refractivity (Wildman–Crippen MR) is 58.2 cm³/mol. The molecule has 0 aliphatic carbocycles. The van der Waals surface area contributed by atoms with Gasteiger partial charge in [-0.25, -0.2) is 0 Å². The van der Waals surface area contributed by atoms with Crippen molar-refractivity contribution in [2.45, 2.75) is 18.6 Å². The van der Waals surface area contributed by atoms with E-state index < -0.39 is 0 Å². The number of hydrogen-bond acceptors (Lipinski definition) is 2. The first-order valence-corrected chi connectivity index (χ1v) is 5.49. The first kappa shape index (κ1) is 10.1. The SMILES string of the molecule is CO[C@H]1C[C@H](c2ccc(Br)cc2)CO1. The van der Waals surface area contributed by atoms with Gasteiger partial charge < -0.3 is 9.47 Å². The van der Waals surface area contributed by atoms with Crippen molar-refractivity contribution in [1.29, 1.82) is 0 Å². The van der Waals surface area contributed by atoms with E-state index in [0.717, 1.165) is 17.5 Å². The fourth-order valence-electron chi connectivity index (χ4n) is 1.72. The van der Waals surface area contributed by atoms with Gasteiger partial charge in [-0.1, -0.05) is 28.1 Å². The summed E-state index contributed by atoms with van der Waals surface area (Å²) < 4.78 is 11.7. The fourth-order valence-corrected chi connectivity index (χ4v) is 1.99. The lowest BCUT2D eigenvalue weighted by atomic mass is 9.98. The van der Waals surface area contributed by atoms with Crippen molar-refractivity contribution in [2.75, 3.05) is 13.7 Å². The largest absolute Gasteiger partial charge is 0.356 e. The maximum atomic E-state index is 5.47. The van der Waals surface area contributed by atoms with Crippen LogP contribution in [0.4, 0.5) is 0 Å². The first-order chi connectivity index (χ1) is 6.79. The molecule has 2 rings (SSSR count). The third kappa shape index (κ3) is 2.16. The zero-order valence-electron chi connectivity index (χ0n) is 8.07. The van der Waals surface area contributed by atoms with E-state index >= 15 is 0 Å². The van der Waals surface area contributed by atoms with Crippen molar-refractivity contribution >= 4 is 15.9 Å². The summed E-state index contributed by atoms with van der Waals surface area (Å²) in [5, 5.41) is 0. The summed E-state index contributed by atoms with van der Waals surface area (Å²) >= 11 is 3.42. The maximum absolute atomic E-state index is 5.47. The Morgan fingerprint density at radius 1 is 1.36 bits per heavy atom. The Balaban J connectivity index is 2.06. The van der Waals surface area contributed by atoms with Crippen molar-refractivity contribution in [2.24, 2.45) is 0 Å². The van der Waals surface area contributed by atoms with Crippen LogP contribution in [-0.2, 0) is 9.47 Å². The summed E-state index contributed by atoms with van der Waals surface area (Å²) in [5.41, 5.74) is 1.33. The molecule has 14 heavy (non-hydrogen) atoms. The van der Waals surface area contributed by atoms with Gasteiger partial charge in [0.25, 0.3) is 0 Å². The summed E-state index contributed by atoms with van der Waals surface area (Å²) in [5.74, 6) is 0.480. The average Bonchev–Trinajstić information content (AvgIpc) is 2.67. The predicted octanol–water partition coefficient (Wildman–Crippen LogP) is 2.93. The summed E-state index contributed by atoms with van der Waals surface area (Å²) in [6.45, 7) is 0.764. The van der Waals surface area contributed by atoms with Gasteiger partial charge in [0.15, 0.2) is 6.29 Å². The Morgan fingerprint density at radius 2 is 2.07 bits per heavy atom. The molecule has 1 heterocycles. The quantitative estimate of drug-likeness (QED) is 0.811. The molecule has 1 fully saturated rings. The highest BCUT2D eigenvalue weighted by atomic mass is 79.9. The van der Waals surface area contributed by atoms with Gasteiger partial charge in [0.2, 0.25) is 0 Å². The Bertz CT molecular complexity index is 297. The molecule has 0 aromatic heterocycles. The van der Waals surface area contributed by atoms with Crippen LogP contribution in [0, 0.1) is 0 Å². The lowest BCUT2D eigenvalue weighted by molar-refractivity contribution is -0.0880. The van der Waals surface area contributed by atoms with Gasteiger partial charge in [-0.15, -0.1) is 0 Å². The lowest BCUT2D eigenvalue weighted by Gasteiger charge is -2.08. The second-order valence-corrected chi connectivity index (χ2v) is 4.40. The standard InChI is InChI=1S/C11H13BrO2/c1-13-11-6-9(7-14-11)8-2-4-10(12)5-3-8/h2-5,9,11H,6-7H2,1H3/t9-,11+/m0/s1. The van der Waals surface area contributed by atoms with Gasteiger partial charge in [-0.3, -0.25) is 0 Å². The highest BCUT2D eigenvalue weighted by molar-refractivity contribution is 9.10. The Morgan fingerprint density at radius 3 is 2.64 bits per heavy atom. The van der Waals surface area contributed by atoms with Crippen molar-refractivity contribution in [3.63, 3.8) is 0 Å². The molecule has 0 N–H and O–H groups in total. The van der Waals surface area contributed by atoms with Crippen LogP contribution in [0.3, 0.4) is 0 Å². The van der Waals surface area contributed by atoms with Gasteiger partial charge in [-0.05, 0) is 17.7 Å². The molecule has 2 atom stereocenters. The smallest absolute Gasteiger partial charge is 0.157 e. The van der Waals surface area contributed by atoms with Crippen molar-refractivity contribution in [3.05, 3.63) is 34.3 Å². The Hall–Kier alpha value is -0.380. The van der Waals surface area contributed by atoms with E-state index in [1.165, 1.54) is 5.56 Å². The van der Waals surface area contributed by atoms with E-state index in [1.54, 1.807) is 7.11 Å². The molecule has 0 bridgehead atoms. The monoisotopic (exact) mass is 256 g/mol. The highest BCUT2D eigenvalue weighted by Gasteiger charge is 2.26. The van der Waals surface area contributed by atoms with Crippen LogP contribution in [0.15, 0.2) is 28.7 Å². The molecule has 0 radical (unpaired) electrons. The molecule has 1 aliphatic rings. The number of rotatable bonds is 2. The average molecular weight is 257 g/mol. The zero-order valence-corrected chi connectivity index (χ0v) is 9.66. The molecule has 1 aromatic carbocycles. The summed E-state index contributed by atoms with van der Waals surface area (Å²) in [7, 11) is 1.69. The molecule has 2 nitrogen and oxygen atoms in total. The van der Waals surface area contributed by atoms with Gasteiger partial charge in [-0.2, -0.15) is 0 Å². The third-order valence-corrected chi connectivity index (χ3v) is 3.09. The van der Waals surface area contributed by atoms with Gasteiger partial charge in [0.1, 0.15) is 0 Å². The molecule has 0 spiro atoms. The van der Waals surface area contributed by atoms with Crippen LogP contribution in [-0.4, -0.2) is 20.0 Å². The van der Waals surface area contributed by atoms with Gasteiger partial charge in [0, 0.05) is 23.9 Å². The lowest BCUT2D eigenvalue weighted by Crippen LogP contribution is -2.06. The number of methoxy groups -OCH3 is 1. The third-order valence-electron chi connectivity index (χ3n) is 2.56. The Kier molecular flexibility index (Phi) is 3.21. The van der Waals surface area contributed by atoms with E-state index in [4.69, 9.17) is 9.47 Å². The van der Waals surface area contributed by atoms with Crippen molar-refractivity contribution in [1.82, 2.24) is 0 Å². The van der Waals surface area contributed by atoms with Crippen LogP contribution in [0.5, 0.6) is 0 Å². The van der Waals surface area contributed by atoms with Crippen molar-refractivity contribution < 1.29 is 9.47 Å². The molecule has 1 aliphatic heterocycles. The summed E-state index contributed by atoms with van der Waals surface area (Å²) in [6, 6.07) is 8.40. The first-order valence-electron chi connectivity index (χ1n) is 4.69. The fraction of sp³-hybridized carbons (Fsp3) is 0.455. The van der Waals surface area contributed by atoms with E-state index in [1.807, 2.05) is 0 Å².